The second-order valence-corrected chi connectivity index (χ2v) is 7.13. The number of morpholine rings is 1. The van der Waals surface area contributed by atoms with Gasteiger partial charge in [0.05, 0.1) is 25.5 Å². The zero-order valence-corrected chi connectivity index (χ0v) is 14.6. The van der Waals surface area contributed by atoms with Crippen LogP contribution < -0.4 is 4.90 Å². The van der Waals surface area contributed by atoms with Crippen molar-refractivity contribution in [1.82, 2.24) is 14.9 Å². The first-order valence-electron chi connectivity index (χ1n) is 9.29. The van der Waals surface area contributed by atoms with Gasteiger partial charge in [0.15, 0.2) is 0 Å². The summed E-state index contributed by atoms with van der Waals surface area (Å²) in [5, 5.41) is 0. The quantitative estimate of drug-likeness (QED) is 0.838. The molecule has 6 nitrogen and oxygen atoms in total. The molecular weight excluding hydrogens is 304 g/mol. The van der Waals surface area contributed by atoms with Gasteiger partial charge in [-0.05, 0) is 26.2 Å². The van der Waals surface area contributed by atoms with Gasteiger partial charge in [0.25, 0.3) is 0 Å². The van der Waals surface area contributed by atoms with Gasteiger partial charge in [0, 0.05) is 50.8 Å². The number of hydrogen-bond donors (Lipinski definition) is 0. The highest BCUT2D eigenvalue weighted by Crippen LogP contribution is 2.28. The Balaban J connectivity index is 1.41. The Labute approximate surface area is 144 Å². The van der Waals surface area contributed by atoms with E-state index in [0.717, 1.165) is 76.4 Å². The van der Waals surface area contributed by atoms with E-state index in [-0.39, 0.29) is 0 Å². The molecule has 3 aliphatic rings. The fourth-order valence-corrected chi connectivity index (χ4v) is 4.12. The van der Waals surface area contributed by atoms with Crippen molar-refractivity contribution in [3.8, 4) is 0 Å². The Morgan fingerprint density at radius 2 is 1.75 bits per heavy atom. The van der Waals surface area contributed by atoms with Crippen LogP contribution in [0.25, 0.3) is 0 Å². The zero-order chi connectivity index (χ0) is 16.4. The fraction of sp³-hybridized carbons (Fsp3) is 0.778. The van der Waals surface area contributed by atoms with E-state index in [1.807, 2.05) is 6.92 Å². The monoisotopic (exact) mass is 332 g/mol. The molecule has 1 aromatic heterocycles. The average Bonchev–Trinajstić information content (AvgIpc) is 3.17. The molecule has 3 aliphatic heterocycles. The molecule has 24 heavy (non-hydrogen) atoms. The van der Waals surface area contributed by atoms with Crippen LogP contribution in [0.1, 0.15) is 36.7 Å². The Hall–Kier alpha value is -1.24. The summed E-state index contributed by atoms with van der Waals surface area (Å²) in [6.45, 7) is 9.77. The highest BCUT2D eigenvalue weighted by Gasteiger charge is 2.27. The molecule has 132 valence electrons. The maximum Gasteiger partial charge on any atom is 0.132 e. The third kappa shape index (κ3) is 3.55. The van der Waals surface area contributed by atoms with Gasteiger partial charge in [0.1, 0.15) is 11.6 Å². The smallest absolute Gasteiger partial charge is 0.132 e. The van der Waals surface area contributed by atoms with E-state index in [9.17, 15) is 0 Å². The second-order valence-electron chi connectivity index (χ2n) is 7.13. The molecule has 1 aromatic rings. The first-order chi connectivity index (χ1) is 11.8. The highest BCUT2D eigenvalue weighted by atomic mass is 16.5. The zero-order valence-electron chi connectivity index (χ0n) is 14.6. The lowest BCUT2D eigenvalue weighted by Gasteiger charge is -2.40. The third-order valence-electron chi connectivity index (χ3n) is 5.54. The molecular formula is C18H28N4O2. The minimum atomic E-state index is 0.441. The predicted molar refractivity (Wildman–Crippen MR) is 92.6 cm³/mol. The van der Waals surface area contributed by atoms with Crippen LogP contribution in [0.4, 0.5) is 5.82 Å². The van der Waals surface area contributed by atoms with Gasteiger partial charge in [-0.3, -0.25) is 4.90 Å². The van der Waals surface area contributed by atoms with Crippen molar-refractivity contribution in [2.24, 2.45) is 0 Å². The molecule has 0 aromatic carbocycles. The molecule has 0 amide bonds. The molecule has 1 unspecified atom stereocenters. The molecule has 4 rings (SSSR count). The van der Waals surface area contributed by atoms with Crippen LogP contribution in [-0.4, -0.2) is 73.5 Å². The van der Waals surface area contributed by atoms with Crippen LogP contribution in [0.2, 0.25) is 0 Å². The number of rotatable bonds is 3. The summed E-state index contributed by atoms with van der Waals surface area (Å²) in [6, 6.07) is 2.90. The van der Waals surface area contributed by atoms with E-state index in [4.69, 9.17) is 14.5 Å². The van der Waals surface area contributed by atoms with E-state index < -0.39 is 0 Å². The van der Waals surface area contributed by atoms with Crippen molar-refractivity contribution in [2.75, 3.05) is 57.5 Å². The van der Waals surface area contributed by atoms with Crippen molar-refractivity contribution >= 4 is 5.82 Å². The van der Waals surface area contributed by atoms with E-state index in [1.165, 1.54) is 12.8 Å². The van der Waals surface area contributed by atoms with Crippen LogP contribution in [0, 0.1) is 6.92 Å². The van der Waals surface area contributed by atoms with Crippen molar-refractivity contribution < 1.29 is 9.47 Å². The molecule has 6 heteroatoms. The van der Waals surface area contributed by atoms with Crippen LogP contribution >= 0.6 is 0 Å². The maximum absolute atomic E-state index is 5.53. The van der Waals surface area contributed by atoms with E-state index >= 15 is 0 Å². The first kappa shape index (κ1) is 16.2. The van der Waals surface area contributed by atoms with Crippen LogP contribution in [0.5, 0.6) is 0 Å². The number of aromatic nitrogens is 2. The SMILES string of the molecule is Cc1nc(C2CCOC2)cc(N2CCC(N3CCOCC3)CC2)n1. The number of hydrogen-bond acceptors (Lipinski definition) is 6. The normalized spacial score (nSPS) is 26.9. The van der Waals surface area contributed by atoms with Gasteiger partial charge in [0.2, 0.25) is 0 Å². The number of piperidine rings is 1. The highest BCUT2D eigenvalue weighted by molar-refractivity contribution is 5.41. The molecule has 3 saturated heterocycles. The largest absolute Gasteiger partial charge is 0.381 e. The van der Waals surface area contributed by atoms with E-state index in [1.54, 1.807) is 0 Å². The summed E-state index contributed by atoms with van der Waals surface area (Å²) in [6.07, 6.45) is 3.50. The Bertz CT molecular complexity index is 548. The van der Waals surface area contributed by atoms with Gasteiger partial charge in [-0.15, -0.1) is 0 Å². The molecule has 0 spiro atoms. The maximum atomic E-state index is 5.53. The van der Waals surface area contributed by atoms with Crippen molar-refractivity contribution in [2.45, 2.75) is 38.1 Å². The van der Waals surface area contributed by atoms with Gasteiger partial charge >= 0.3 is 0 Å². The van der Waals surface area contributed by atoms with Crippen LogP contribution in [0.3, 0.4) is 0 Å². The van der Waals surface area contributed by atoms with Gasteiger partial charge < -0.3 is 14.4 Å². The number of ether oxygens (including phenoxy) is 2. The summed E-state index contributed by atoms with van der Waals surface area (Å²) in [5.41, 5.74) is 1.16. The molecule has 4 heterocycles. The molecule has 0 N–H and O–H groups in total. The van der Waals surface area contributed by atoms with Gasteiger partial charge in [-0.25, -0.2) is 9.97 Å². The van der Waals surface area contributed by atoms with Crippen molar-refractivity contribution in [1.29, 1.82) is 0 Å². The standard InChI is InChI=1S/C18H28N4O2/c1-14-19-17(15-4-9-24-13-15)12-18(20-14)22-5-2-16(3-6-22)21-7-10-23-11-8-21/h12,15-16H,2-11,13H2,1H3. The summed E-state index contributed by atoms with van der Waals surface area (Å²) in [4.78, 5) is 14.4. The topological polar surface area (TPSA) is 50.7 Å². The molecule has 0 saturated carbocycles. The van der Waals surface area contributed by atoms with Gasteiger partial charge in [-0.2, -0.15) is 0 Å². The lowest BCUT2D eigenvalue weighted by Crippen LogP contribution is -2.49. The average molecular weight is 332 g/mol. The first-order valence-corrected chi connectivity index (χ1v) is 9.29. The lowest BCUT2D eigenvalue weighted by molar-refractivity contribution is 0.0114. The number of anilines is 1. The van der Waals surface area contributed by atoms with Gasteiger partial charge in [-0.1, -0.05) is 0 Å². The Morgan fingerprint density at radius 3 is 2.46 bits per heavy atom. The molecule has 1 atom stereocenters. The fourth-order valence-electron chi connectivity index (χ4n) is 4.12. The predicted octanol–water partition coefficient (Wildman–Crippen LogP) is 1.59. The second kappa shape index (κ2) is 7.33. The Morgan fingerprint density at radius 1 is 0.958 bits per heavy atom. The third-order valence-corrected chi connectivity index (χ3v) is 5.54. The summed E-state index contributed by atoms with van der Waals surface area (Å²) in [5.74, 6) is 2.42. The molecule has 0 radical (unpaired) electrons. The number of nitrogens with zero attached hydrogens (tertiary/aromatic N) is 4. The number of aryl methyl sites for hydroxylation is 1. The van der Waals surface area contributed by atoms with Crippen molar-refractivity contribution in [3.63, 3.8) is 0 Å². The van der Waals surface area contributed by atoms with E-state index in [2.05, 4.69) is 20.9 Å². The summed E-state index contributed by atoms with van der Waals surface area (Å²) < 4.78 is 11.0. The molecule has 0 aliphatic carbocycles. The molecule has 3 fully saturated rings. The Kier molecular flexibility index (Phi) is 4.96. The lowest BCUT2D eigenvalue weighted by atomic mass is 10.0. The van der Waals surface area contributed by atoms with Crippen molar-refractivity contribution in [3.05, 3.63) is 17.6 Å². The molecule has 0 bridgehead atoms. The minimum Gasteiger partial charge on any atom is -0.381 e. The van der Waals surface area contributed by atoms with Crippen LogP contribution in [0.15, 0.2) is 6.07 Å². The minimum absolute atomic E-state index is 0.441. The van der Waals surface area contributed by atoms with E-state index in [0.29, 0.717) is 12.0 Å². The summed E-state index contributed by atoms with van der Waals surface area (Å²) in [7, 11) is 0. The summed E-state index contributed by atoms with van der Waals surface area (Å²) >= 11 is 0. The van der Waals surface area contributed by atoms with Crippen LogP contribution in [-0.2, 0) is 9.47 Å².